The number of hydrogen-bond acceptors (Lipinski definition) is 4. The van der Waals surface area contributed by atoms with Crippen LogP contribution in [0.3, 0.4) is 0 Å². The zero-order chi connectivity index (χ0) is 30.4. The number of carbonyl (C=O) groups is 2. The molecule has 0 heterocycles. The van der Waals surface area contributed by atoms with Crippen molar-refractivity contribution in [3.05, 3.63) is 93.5 Å². The fourth-order valence-electron chi connectivity index (χ4n) is 5.20. The predicted octanol–water partition coefficient (Wildman–Crippen LogP) is 6.67. The summed E-state index contributed by atoms with van der Waals surface area (Å²) < 4.78 is 29.1. The largest absolute Gasteiger partial charge is 0.352 e. The summed E-state index contributed by atoms with van der Waals surface area (Å²) in [4.78, 5) is 29.3. The van der Waals surface area contributed by atoms with Crippen LogP contribution in [0.1, 0.15) is 55.7 Å². The molecule has 0 radical (unpaired) electrons. The number of nitrogens with zero attached hydrogens (tertiary/aromatic N) is 2. The SMILES string of the molecule is CC[C@H](C(=O)NC1CCCC1)N(Cc1ccc(Cl)cc1Cl)C(=O)CN(c1ccc(C)cc1)S(=O)(=O)c1ccc(C)cc1. The van der Waals surface area contributed by atoms with Crippen molar-refractivity contribution in [2.45, 2.75) is 76.4 Å². The second kappa shape index (κ2) is 13.9. The molecule has 1 atom stereocenters. The van der Waals surface area contributed by atoms with Crippen molar-refractivity contribution in [1.82, 2.24) is 10.2 Å². The maximum absolute atomic E-state index is 14.2. The normalized spacial score (nSPS) is 14.4. The Balaban J connectivity index is 1.73. The minimum atomic E-state index is -4.13. The topological polar surface area (TPSA) is 86.8 Å². The molecule has 4 rings (SSSR count). The molecule has 2 amide bonds. The first kappa shape index (κ1) is 31.9. The summed E-state index contributed by atoms with van der Waals surface area (Å²) in [6.07, 6.45) is 4.23. The van der Waals surface area contributed by atoms with Gasteiger partial charge in [0.2, 0.25) is 11.8 Å². The third-order valence-corrected chi connectivity index (χ3v) is 10.0. The van der Waals surface area contributed by atoms with Gasteiger partial charge in [-0.05, 0) is 75.1 Å². The van der Waals surface area contributed by atoms with Gasteiger partial charge in [0.25, 0.3) is 10.0 Å². The molecule has 224 valence electrons. The minimum Gasteiger partial charge on any atom is -0.352 e. The number of sulfonamides is 1. The Morgan fingerprint density at radius 1 is 0.929 bits per heavy atom. The van der Waals surface area contributed by atoms with Crippen LogP contribution in [0, 0.1) is 13.8 Å². The Hall–Kier alpha value is -3.07. The Morgan fingerprint density at radius 2 is 1.52 bits per heavy atom. The maximum Gasteiger partial charge on any atom is 0.264 e. The lowest BCUT2D eigenvalue weighted by molar-refractivity contribution is -0.140. The lowest BCUT2D eigenvalue weighted by atomic mass is 10.1. The van der Waals surface area contributed by atoms with Gasteiger partial charge < -0.3 is 10.2 Å². The number of benzene rings is 3. The van der Waals surface area contributed by atoms with Gasteiger partial charge in [-0.15, -0.1) is 0 Å². The molecule has 0 bridgehead atoms. The molecule has 0 aromatic heterocycles. The third kappa shape index (κ3) is 7.65. The van der Waals surface area contributed by atoms with Crippen molar-refractivity contribution < 1.29 is 18.0 Å². The van der Waals surface area contributed by atoms with Crippen molar-refractivity contribution >= 4 is 50.7 Å². The van der Waals surface area contributed by atoms with Crippen LogP contribution in [-0.2, 0) is 26.2 Å². The van der Waals surface area contributed by atoms with E-state index >= 15 is 0 Å². The molecule has 0 aliphatic heterocycles. The van der Waals surface area contributed by atoms with E-state index in [0.29, 0.717) is 27.7 Å². The number of rotatable bonds is 11. The van der Waals surface area contributed by atoms with Crippen LogP contribution < -0.4 is 9.62 Å². The summed E-state index contributed by atoms with van der Waals surface area (Å²) in [5.41, 5.74) is 2.82. The highest BCUT2D eigenvalue weighted by atomic mass is 35.5. The van der Waals surface area contributed by atoms with Gasteiger partial charge in [-0.1, -0.05) is 84.4 Å². The molecule has 3 aromatic carbocycles. The van der Waals surface area contributed by atoms with Crippen LogP contribution in [0.2, 0.25) is 10.0 Å². The molecule has 0 saturated heterocycles. The van der Waals surface area contributed by atoms with E-state index in [1.165, 1.54) is 17.0 Å². The van der Waals surface area contributed by atoms with Gasteiger partial charge in [0.05, 0.1) is 10.6 Å². The summed E-state index contributed by atoms with van der Waals surface area (Å²) >= 11 is 12.6. The minimum absolute atomic E-state index is 0.0117. The fraction of sp³-hybridized carbons (Fsp3) is 0.375. The van der Waals surface area contributed by atoms with E-state index in [1.807, 2.05) is 20.8 Å². The molecule has 0 spiro atoms. The zero-order valence-electron chi connectivity index (χ0n) is 24.1. The van der Waals surface area contributed by atoms with Gasteiger partial charge in [-0.25, -0.2) is 8.42 Å². The molecule has 1 N–H and O–H groups in total. The van der Waals surface area contributed by atoms with Gasteiger partial charge in [0.1, 0.15) is 12.6 Å². The molecule has 1 fully saturated rings. The standard InChI is InChI=1S/C32H37Cl2N3O4S/c1-4-30(32(39)35-26-7-5-6-8-26)36(20-24-13-14-25(33)19-29(24)34)31(38)21-37(27-15-9-22(2)10-16-27)42(40,41)28-17-11-23(3)12-18-28/h9-19,26,30H,4-8,20-21H2,1-3H3,(H,35,39)/t30-/m1/s1. The Labute approximate surface area is 258 Å². The Bertz CT molecular complexity index is 1510. The maximum atomic E-state index is 14.2. The molecule has 1 saturated carbocycles. The highest BCUT2D eigenvalue weighted by molar-refractivity contribution is 7.92. The lowest BCUT2D eigenvalue weighted by Gasteiger charge is -2.34. The number of aryl methyl sites for hydroxylation is 2. The van der Waals surface area contributed by atoms with Crippen LogP contribution in [0.15, 0.2) is 71.6 Å². The molecule has 42 heavy (non-hydrogen) atoms. The van der Waals surface area contributed by atoms with Crippen LogP contribution in [0.25, 0.3) is 0 Å². The Kier molecular flexibility index (Phi) is 10.6. The van der Waals surface area contributed by atoms with Crippen LogP contribution in [0.5, 0.6) is 0 Å². The fourth-order valence-corrected chi connectivity index (χ4v) is 7.08. The average molecular weight is 631 g/mol. The first-order valence-corrected chi connectivity index (χ1v) is 16.4. The van der Waals surface area contributed by atoms with Gasteiger partial charge in [-0.3, -0.25) is 13.9 Å². The molecule has 3 aromatic rings. The summed E-state index contributed by atoms with van der Waals surface area (Å²) in [6.45, 7) is 5.12. The van der Waals surface area contributed by atoms with Crippen molar-refractivity contribution in [2.75, 3.05) is 10.8 Å². The van der Waals surface area contributed by atoms with E-state index in [2.05, 4.69) is 5.32 Å². The second-order valence-electron chi connectivity index (χ2n) is 10.8. The monoisotopic (exact) mass is 629 g/mol. The number of nitrogens with one attached hydrogen (secondary N) is 1. The highest BCUT2D eigenvalue weighted by Crippen LogP contribution is 2.28. The molecule has 10 heteroatoms. The first-order chi connectivity index (χ1) is 20.0. The quantitative estimate of drug-likeness (QED) is 0.256. The summed E-state index contributed by atoms with van der Waals surface area (Å²) in [5.74, 6) is -0.781. The molecule has 1 aliphatic rings. The molecular formula is C32H37Cl2N3O4S. The Morgan fingerprint density at radius 3 is 2.10 bits per heavy atom. The number of carbonyl (C=O) groups excluding carboxylic acids is 2. The van der Waals surface area contributed by atoms with Crippen molar-refractivity contribution in [1.29, 1.82) is 0 Å². The van der Waals surface area contributed by atoms with Crippen LogP contribution in [0.4, 0.5) is 5.69 Å². The zero-order valence-corrected chi connectivity index (χ0v) is 26.5. The second-order valence-corrected chi connectivity index (χ2v) is 13.5. The highest BCUT2D eigenvalue weighted by Gasteiger charge is 2.34. The number of hydrogen-bond donors (Lipinski definition) is 1. The van der Waals surface area contributed by atoms with Gasteiger partial charge in [0, 0.05) is 22.6 Å². The molecular weight excluding hydrogens is 593 g/mol. The van der Waals surface area contributed by atoms with Gasteiger partial charge in [0.15, 0.2) is 0 Å². The van der Waals surface area contributed by atoms with Crippen molar-refractivity contribution in [3.63, 3.8) is 0 Å². The van der Waals surface area contributed by atoms with E-state index in [-0.39, 0.29) is 23.4 Å². The van der Waals surface area contributed by atoms with E-state index in [9.17, 15) is 18.0 Å². The smallest absolute Gasteiger partial charge is 0.264 e. The van der Waals surface area contributed by atoms with E-state index in [0.717, 1.165) is 41.1 Å². The number of anilines is 1. The van der Waals surface area contributed by atoms with Gasteiger partial charge in [-0.2, -0.15) is 0 Å². The summed E-state index contributed by atoms with van der Waals surface area (Å²) in [7, 11) is -4.13. The predicted molar refractivity (Wildman–Crippen MR) is 168 cm³/mol. The van der Waals surface area contributed by atoms with Crippen molar-refractivity contribution in [2.24, 2.45) is 0 Å². The van der Waals surface area contributed by atoms with Crippen LogP contribution in [-0.4, -0.2) is 43.8 Å². The molecule has 7 nitrogen and oxygen atoms in total. The average Bonchev–Trinajstić information content (AvgIpc) is 3.46. The van der Waals surface area contributed by atoms with Crippen LogP contribution >= 0.6 is 23.2 Å². The van der Waals surface area contributed by atoms with Gasteiger partial charge >= 0.3 is 0 Å². The first-order valence-electron chi connectivity index (χ1n) is 14.2. The number of halogens is 2. The number of amides is 2. The summed E-state index contributed by atoms with van der Waals surface area (Å²) in [6, 6.07) is 17.7. The summed E-state index contributed by atoms with van der Waals surface area (Å²) in [5, 5.41) is 3.91. The van der Waals surface area contributed by atoms with Crippen molar-refractivity contribution in [3.8, 4) is 0 Å². The molecule has 0 unspecified atom stereocenters. The lowest BCUT2D eigenvalue weighted by Crippen LogP contribution is -2.53. The third-order valence-electron chi connectivity index (χ3n) is 7.65. The van der Waals surface area contributed by atoms with E-state index in [4.69, 9.17) is 23.2 Å². The van der Waals surface area contributed by atoms with E-state index in [1.54, 1.807) is 54.6 Å². The van der Waals surface area contributed by atoms with E-state index < -0.39 is 28.5 Å². The molecule has 1 aliphatic carbocycles.